The van der Waals surface area contributed by atoms with Gasteiger partial charge in [-0.3, -0.25) is 4.98 Å². The van der Waals surface area contributed by atoms with Gasteiger partial charge < -0.3 is 15.5 Å². The average molecular weight is 261 g/mol. The van der Waals surface area contributed by atoms with E-state index in [-0.39, 0.29) is 6.04 Å². The van der Waals surface area contributed by atoms with Gasteiger partial charge in [0.15, 0.2) is 0 Å². The highest BCUT2D eigenvalue weighted by molar-refractivity contribution is 7.80. The van der Waals surface area contributed by atoms with E-state index in [1.54, 1.807) is 12.5 Å². The first-order valence-electron chi connectivity index (χ1n) is 5.70. The third-order valence-corrected chi connectivity index (χ3v) is 2.73. The molecule has 94 valence electrons. The van der Waals surface area contributed by atoms with Gasteiger partial charge >= 0.3 is 0 Å². The SMILES string of the molecule is CC(Cc1ccco1)Nc1ccc(C(N)=S)nc1. The largest absolute Gasteiger partial charge is 0.469 e. The third-order valence-electron chi connectivity index (χ3n) is 2.52. The number of nitrogens with two attached hydrogens (primary N) is 1. The molecule has 0 aliphatic rings. The van der Waals surface area contributed by atoms with Crippen molar-refractivity contribution >= 4 is 22.9 Å². The zero-order valence-electron chi connectivity index (χ0n) is 10.1. The molecule has 0 saturated carbocycles. The normalized spacial score (nSPS) is 12.1. The zero-order valence-corrected chi connectivity index (χ0v) is 10.9. The van der Waals surface area contributed by atoms with E-state index < -0.39 is 0 Å². The quantitative estimate of drug-likeness (QED) is 0.809. The molecule has 2 rings (SSSR count). The Morgan fingerprint density at radius 3 is 2.89 bits per heavy atom. The third kappa shape index (κ3) is 3.30. The minimum absolute atomic E-state index is 0.258. The minimum Gasteiger partial charge on any atom is -0.469 e. The number of pyridine rings is 1. The molecule has 0 bridgehead atoms. The molecule has 0 aromatic carbocycles. The summed E-state index contributed by atoms with van der Waals surface area (Å²) in [5.74, 6) is 0.961. The summed E-state index contributed by atoms with van der Waals surface area (Å²) in [5.41, 5.74) is 7.06. The number of hydrogen-bond acceptors (Lipinski definition) is 4. The topological polar surface area (TPSA) is 64.1 Å². The van der Waals surface area contributed by atoms with Gasteiger partial charge in [0.2, 0.25) is 0 Å². The van der Waals surface area contributed by atoms with Gasteiger partial charge in [0.25, 0.3) is 0 Å². The Morgan fingerprint density at radius 1 is 1.50 bits per heavy atom. The number of anilines is 1. The summed E-state index contributed by atoms with van der Waals surface area (Å²) in [6, 6.07) is 7.84. The second kappa shape index (κ2) is 5.64. The van der Waals surface area contributed by atoms with Gasteiger partial charge in [-0.25, -0.2) is 0 Å². The predicted molar refractivity (Wildman–Crippen MR) is 75.6 cm³/mol. The lowest BCUT2D eigenvalue weighted by atomic mass is 10.2. The smallest absolute Gasteiger partial charge is 0.122 e. The lowest BCUT2D eigenvalue weighted by molar-refractivity contribution is 0.498. The number of furan rings is 1. The Morgan fingerprint density at radius 2 is 2.33 bits per heavy atom. The van der Waals surface area contributed by atoms with Crippen LogP contribution >= 0.6 is 12.2 Å². The van der Waals surface area contributed by atoms with E-state index in [0.29, 0.717) is 10.7 Å². The minimum atomic E-state index is 0.258. The molecule has 0 amide bonds. The Labute approximate surface area is 111 Å². The molecule has 0 saturated heterocycles. The molecule has 1 atom stereocenters. The summed E-state index contributed by atoms with van der Waals surface area (Å²) in [4.78, 5) is 4.49. The van der Waals surface area contributed by atoms with Crippen LogP contribution in [0.2, 0.25) is 0 Å². The molecular formula is C13H15N3OS. The van der Waals surface area contributed by atoms with Crippen molar-refractivity contribution in [1.29, 1.82) is 0 Å². The summed E-state index contributed by atoms with van der Waals surface area (Å²) in [7, 11) is 0. The Bertz CT molecular complexity index is 508. The molecular weight excluding hydrogens is 246 g/mol. The van der Waals surface area contributed by atoms with Crippen LogP contribution in [0.5, 0.6) is 0 Å². The second-order valence-corrected chi connectivity index (χ2v) is 4.57. The van der Waals surface area contributed by atoms with Crippen molar-refractivity contribution in [2.45, 2.75) is 19.4 Å². The van der Waals surface area contributed by atoms with Crippen LogP contribution in [0, 0.1) is 0 Å². The first-order valence-corrected chi connectivity index (χ1v) is 6.11. The second-order valence-electron chi connectivity index (χ2n) is 4.13. The van der Waals surface area contributed by atoms with Crippen LogP contribution < -0.4 is 11.1 Å². The molecule has 3 N–H and O–H groups in total. The van der Waals surface area contributed by atoms with Crippen molar-refractivity contribution in [2.24, 2.45) is 5.73 Å². The predicted octanol–water partition coefficient (Wildman–Crippen LogP) is 2.35. The van der Waals surface area contributed by atoms with Gasteiger partial charge in [-0.15, -0.1) is 0 Å². The maximum absolute atomic E-state index is 5.49. The zero-order chi connectivity index (χ0) is 13.0. The van der Waals surface area contributed by atoms with Gasteiger partial charge in [0.05, 0.1) is 23.8 Å². The van der Waals surface area contributed by atoms with Crippen LogP contribution in [-0.2, 0) is 6.42 Å². The number of thiocarbonyl (C=S) groups is 1. The van der Waals surface area contributed by atoms with E-state index in [1.165, 1.54) is 0 Å². The monoisotopic (exact) mass is 261 g/mol. The molecule has 2 heterocycles. The first-order chi connectivity index (χ1) is 8.65. The number of nitrogens with one attached hydrogen (secondary N) is 1. The summed E-state index contributed by atoms with van der Waals surface area (Å²) in [6.07, 6.45) is 4.23. The van der Waals surface area contributed by atoms with Gasteiger partial charge in [-0.1, -0.05) is 12.2 Å². The molecule has 18 heavy (non-hydrogen) atoms. The van der Waals surface area contributed by atoms with E-state index in [9.17, 15) is 0 Å². The van der Waals surface area contributed by atoms with E-state index in [2.05, 4.69) is 17.2 Å². The van der Waals surface area contributed by atoms with Crippen molar-refractivity contribution in [3.8, 4) is 0 Å². The molecule has 0 aliphatic heterocycles. The van der Waals surface area contributed by atoms with Gasteiger partial charge in [0, 0.05) is 12.5 Å². The van der Waals surface area contributed by atoms with Gasteiger partial charge in [-0.2, -0.15) is 0 Å². The molecule has 5 heteroatoms. The molecule has 2 aromatic rings. The summed E-state index contributed by atoms with van der Waals surface area (Å²) in [6.45, 7) is 2.09. The summed E-state index contributed by atoms with van der Waals surface area (Å²) >= 11 is 4.85. The Kier molecular flexibility index (Phi) is 3.94. The van der Waals surface area contributed by atoms with E-state index in [4.69, 9.17) is 22.4 Å². The average Bonchev–Trinajstić information content (AvgIpc) is 2.82. The fraction of sp³-hybridized carbons (Fsp3) is 0.231. The van der Waals surface area contributed by atoms with Crippen LogP contribution in [0.3, 0.4) is 0 Å². The fourth-order valence-electron chi connectivity index (χ4n) is 1.69. The molecule has 0 aliphatic carbocycles. The standard InChI is InChI=1S/C13H15N3OS/c1-9(7-11-3-2-6-17-11)16-10-4-5-12(13(14)18)15-8-10/h2-6,8-9,16H,7H2,1H3,(H2,14,18). The van der Waals surface area contributed by atoms with Gasteiger partial charge in [-0.05, 0) is 31.2 Å². The van der Waals surface area contributed by atoms with E-state index in [1.807, 2.05) is 24.3 Å². The lowest BCUT2D eigenvalue weighted by Gasteiger charge is -2.13. The van der Waals surface area contributed by atoms with Crippen LogP contribution in [-0.4, -0.2) is 16.0 Å². The number of rotatable bonds is 5. The highest BCUT2D eigenvalue weighted by Gasteiger charge is 2.06. The van der Waals surface area contributed by atoms with E-state index in [0.717, 1.165) is 17.9 Å². The summed E-state index contributed by atoms with van der Waals surface area (Å²) in [5, 5.41) is 3.34. The lowest BCUT2D eigenvalue weighted by Crippen LogP contribution is -2.18. The number of aromatic nitrogens is 1. The molecule has 0 fully saturated rings. The molecule has 1 unspecified atom stereocenters. The maximum Gasteiger partial charge on any atom is 0.122 e. The molecule has 4 nitrogen and oxygen atoms in total. The van der Waals surface area contributed by atoms with Crippen molar-refractivity contribution in [3.63, 3.8) is 0 Å². The van der Waals surface area contributed by atoms with Gasteiger partial charge in [0.1, 0.15) is 10.7 Å². The molecule has 0 spiro atoms. The summed E-state index contributed by atoms with van der Waals surface area (Å²) < 4.78 is 5.30. The molecule has 0 radical (unpaired) electrons. The highest BCUT2D eigenvalue weighted by Crippen LogP contribution is 2.11. The van der Waals surface area contributed by atoms with Crippen LogP contribution in [0.4, 0.5) is 5.69 Å². The van der Waals surface area contributed by atoms with Crippen molar-refractivity contribution in [1.82, 2.24) is 4.98 Å². The fourth-order valence-corrected chi connectivity index (χ4v) is 1.81. The van der Waals surface area contributed by atoms with Crippen molar-refractivity contribution in [3.05, 3.63) is 48.2 Å². The van der Waals surface area contributed by atoms with Crippen LogP contribution in [0.1, 0.15) is 18.4 Å². The Hall–Kier alpha value is -1.88. The van der Waals surface area contributed by atoms with E-state index >= 15 is 0 Å². The number of nitrogens with zero attached hydrogens (tertiary/aromatic N) is 1. The van der Waals surface area contributed by atoms with Crippen LogP contribution in [0.25, 0.3) is 0 Å². The Balaban J connectivity index is 1.94. The number of hydrogen-bond donors (Lipinski definition) is 2. The maximum atomic E-state index is 5.49. The first kappa shape index (κ1) is 12.6. The van der Waals surface area contributed by atoms with Crippen LogP contribution in [0.15, 0.2) is 41.1 Å². The molecule has 2 aromatic heterocycles. The van der Waals surface area contributed by atoms with Crippen molar-refractivity contribution in [2.75, 3.05) is 5.32 Å². The highest BCUT2D eigenvalue weighted by atomic mass is 32.1. The van der Waals surface area contributed by atoms with Crippen molar-refractivity contribution < 1.29 is 4.42 Å².